The van der Waals surface area contributed by atoms with E-state index < -0.39 is 0 Å². The van der Waals surface area contributed by atoms with E-state index in [4.69, 9.17) is 9.47 Å². The Bertz CT molecular complexity index is 1810. The Morgan fingerprint density at radius 2 is 1.41 bits per heavy atom. The normalized spacial score (nSPS) is 14.1. The van der Waals surface area contributed by atoms with Crippen LogP contribution in [0.5, 0.6) is 0 Å². The van der Waals surface area contributed by atoms with Crippen LogP contribution in [0.15, 0.2) is 95.6 Å². The number of halogens is 1. The Labute approximate surface area is 266 Å². The minimum absolute atomic E-state index is 0.260. The van der Waals surface area contributed by atoms with E-state index >= 15 is 0 Å². The van der Waals surface area contributed by atoms with E-state index in [1.54, 1.807) is 0 Å². The van der Waals surface area contributed by atoms with Gasteiger partial charge in [-0.1, -0.05) is 54.6 Å². The van der Waals surface area contributed by atoms with Crippen molar-refractivity contribution in [1.82, 2.24) is 9.78 Å². The van der Waals surface area contributed by atoms with Crippen molar-refractivity contribution in [3.63, 3.8) is 0 Å². The van der Waals surface area contributed by atoms with Crippen LogP contribution >= 0.6 is 15.9 Å². The first-order valence-corrected chi connectivity index (χ1v) is 15.8. The van der Waals surface area contributed by atoms with Crippen LogP contribution < -0.4 is 0 Å². The van der Waals surface area contributed by atoms with Crippen molar-refractivity contribution in [1.29, 1.82) is 0 Å². The van der Waals surface area contributed by atoms with Gasteiger partial charge < -0.3 is 9.47 Å². The van der Waals surface area contributed by atoms with E-state index in [0.717, 1.165) is 33.0 Å². The first-order chi connectivity index (χ1) is 21.4. The molecule has 2 aliphatic rings. The van der Waals surface area contributed by atoms with Crippen molar-refractivity contribution >= 4 is 38.8 Å². The number of benzene rings is 4. The zero-order valence-corrected chi connectivity index (χ0v) is 26.5. The van der Waals surface area contributed by atoms with Gasteiger partial charge >= 0.3 is 11.9 Å². The second kappa shape index (κ2) is 13.2. The Balaban J connectivity index is 0.000000205. The molecular formula is C37H35BrN2O4. The molecule has 6 nitrogen and oxygen atoms in total. The number of carbonyl (C=O) groups excluding carboxylic acids is 2. The molecule has 0 saturated heterocycles. The largest absolute Gasteiger partial charge is 0.465 e. The molecular weight excluding hydrogens is 616 g/mol. The molecule has 224 valence electrons. The highest BCUT2D eigenvalue weighted by Crippen LogP contribution is 2.41. The van der Waals surface area contributed by atoms with Crippen LogP contribution in [-0.2, 0) is 22.4 Å². The number of fused-ring (bicyclic) bond motifs is 1. The third kappa shape index (κ3) is 6.94. The summed E-state index contributed by atoms with van der Waals surface area (Å²) < 4.78 is 12.6. The van der Waals surface area contributed by atoms with Gasteiger partial charge in [0.1, 0.15) is 0 Å². The van der Waals surface area contributed by atoms with E-state index in [1.807, 2.05) is 47.3 Å². The van der Waals surface area contributed by atoms with Gasteiger partial charge in [-0.15, -0.1) is 0 Å². The topological polar surface area (TPSA) is 70.4 Å². The number of nitrogens with zero attached hydrogens (tertiary/aromatic N) is 2. The summed E-state index contributed by atoms with van der Waals surface area (Å²) in [6, 6.07) is 28.9. The standard InChI is InChI=1S/C26H24N2O2.C11H11BrO2/c1-30-26(29)24-15-21(20-8-9-20)10-11-22(24)13-19-7-12-25-23(14-19)16-27-28(25)17-18-5-3-2-4-6-18;1-14-11(13)9-6-8(7-2-3-7)4-5-10(9)12/h2-7,10-12,14-16,20H,8-9,13,17H2,1H3;4-7H,2-3H2,1H3. The quantitative estimate of drug-likeness (QED) is 0.158. The molecule has 0 amide bonds. The summed E-state index contributed by atoms with van der Waals surface area (Å²) in [6.45, 7) is 0.749. The third-order valence-electron chi connectivity index (χ3n) is 8.31. The number of aromatic nitrogens is 2. The first kappa shape index (κ1) is 29.8. The Morgan fingerprint density at radius 3 is 2.07 bits per heavy atom. The summed E-state index contributed by atoms with van der Waals surface area (Å²) in [7, 11) is 2.85. The maximum atomic E-state index is 12.4. The Kier molecular flexibility index (Phi) is 8.94. The van der Waals surface area contributed by atoms with Crippen molar-refractivity contribution < 1.29 is 19.1 Å². The van der Waals surface area contributed by atoms with Gasteiger partial charge in [0, 0.05) is 9.86 Å². The van der Waals surface area contributed by atoms with Crippen LogP contribution in [0.25, 0.3) is 10.9 Å². The molecule has 0 radical (unpaired) electrons. The fourth-order valence-electron chi connectivity index (χ4n) is 5.55. The monoisotopic (exact) mass is 650 g/mol. The molecule has 1 heterocycles. The lowest BCUT2D eigenvalue weighted by molar-refractivity contribution is 0.0590. The van der Waals surface area contributed by atoms with Crippen LogP contribution in [0, 0.1) is 0 Å². The molecule has 4 aromatic carbocycles. The molecule has 0 N–H and O–H groups in total. The number of hydrogen-bond donors (Lipinski definition) is 0. The number of carbonyl (C=O) groups is 2. The summed E-state index contributed by atoms with van der Waals surface area (Å²) >= 11 is 3.34. The van der Waals surface area contributed by atoms with E-state index in [1.165, 1.54) is 56.6 Å². The maximum absolute atomic E-state index is 12.4. The zero-order valence-electron chi connectivity index (χ0n) is 25.0. The molecule has 44 heavy (non-hydrogen) atoms. The SMILES string of the molecule is COC(=O)c1cc(C2CC2)ccc1Br.COC(=O)c1cc(C2CC2)ccc1Cc1ccc2c(cnn2Cc2ccccc2)c1. The number of methoxy groups -OCH3 is 2. The van der Waals surface area contributed by atoms with Gasteiger partial charge in [0.15, 0.2) is 0 Å². The van der Waals surface area contributed by atoms with E-state index in [2.05, 4.69) is 69.6 Å². The van der Waals surface area contributed by atoms with Gasteiger partial charge in [0.2, 0.25) is 0 Å². The number of esters is 2. The molecule has 2 saturated carbocycles. The van der Waals surface area contributed by atoms with Crippen LogP contribution in [0.3, 0.4) is 0 Å². The molecule has 0 aliphatic heterocycles. The van der Waals surface area contributed by atoms with Crippen molar-refractivity contribution in [2.45, 2.75) is 50.5 Å². The minimum atomic E-state index is -0.278. The van der Waals surface area contributed by atoms with Crippen molar-refractivity contribution in [3.8, 4) is 0 Å². The minimum Gasteiger partial charge on any atom is -0.465 e. The first-order valence-electron chi connectivity index (χ1n) is 15.0. The van der Waals surface area contributed by atoms with Gasteiger partial charge in [0.05, 0.1) is 43.6 Å². The second-order valence-corrected chi connectivity index (χ2v) is 12.4. The van der Waals surface area contributed by atoms with Crippen LogP contribution in [-0.4, -0.2) is 35.9 Å². The highest BCUT2D eigenvalue weighted by Gasteiger charge is 2.26. The molecule has 7 rings (SSSR count). The summed E-state index contributed by atoms with van der Waals surface area (Å²) in [5.41, 5.74) is 8.29. The van der Waals surface area contributed by atoms with Crippen LogP contribution in [0.2, 0.25) is 0 Å². The highest BCUT2D eigenvalue weighted by atomic mass is 79.9. The van der Waals surface area contributed by atoms with E-state index in [0.29, 0.717) is 29.4 Å². The summed E-state index contributed by atoms with van der Waals surface area (Å²) in [6.07, 6.45) is 7.51. The van der Waals surface area contributed by atoms with Crippen molar-refractivity contribution in [2.24, 2.45) is 0 Å². The van der Waals surface area contributed by atoms with Crippen molar-refractivity contribution in [3.05, 3.63) is 135 Å². The fourth-order valence-corrected chi connectivity index (χ4v) is 5.96. The summed E-state index contributed by atoms with van der Waals surface area (Å²) in [5.74, 6) is 0.726. The molecule has 7 heteroatoms. The smallest absolute Gasteiger partial charge is 0.339 e. The van der Waals surface area contributed by atoms with Gasteiger partial charge in [-0.25, -0.2) is 9.59 Å². The predicted molar refractivity (Wildman–Crippen MR) is 175 cm³/mol. The maximum Gasteiger partial charge on any atom is 0.339 e. The lowest BCUT2D eigenvalue weighted by Crippen LogP contribution is -2.07. The average molecular weight is 652 g/mol. The number of rotatable bonds is 8. The molecule has 2 aliphatic carbocycles. The molecule has 2 fully saturated rings. The van der Waals surface area contributed by atoms with Crippen LogP contribution in [0.1, 0.15) is 86.1 Å². The third-order valence-corrected chi connectivity index (χ3v) is 9.00. The summed E-state index contributed by atoms with van der Waals surface area (Å²) in [5, 5.41) is 5.69. The van der Waals surface area contributed by atoms with Gasteiger partial charge in [-0.2, -0.15) is 5.10 Å². The predicted octanol–water partition coefficient (Wildman–Crippen LogP) is 8.45. The zero-order chi connectivity index (χ0) is 30.6. The fraction of sp³-hybridized carbons (Fsp3) is 0.270. The second-order valence-electron chi connectivity index (χ2n) is 11.5. The molecule has 1 aromatic heterocycles. The average Bonchev–Trinajstić information content (AvgIpc) is 4.00. The highest BCUT2D eigenvalue weighted by molar-refractivity contribution is 9.10. The van der Waals surface area contributed by atoms with E-state index in [9.17, 15) is 9.59 Å². The van der Waals surface area contributed by atoms with Crippen LogP contribution in [0.4, 0.5) is 0 Å². The summed E-state index contributed by atoms with van der Waals surface area (Å²) in [4.78, 5) is 23.8. The lowest BCUT2D eigenvalue weighted by Gasteiger charge is -2.11. The molecule has 5 aromatic rings. The molecule has 0 unspecified atom stereocenters. The molecule has 0 spiro atoms. The Hall–Kier alpha value is -4.23. The van der Waals surface area contributed by atoms with E-state index in [-0.39, 0.29) is 11.9 Å². The Morgan fingerprint density at radius 1 is 0.773 bits per heavy atom. The molecule has 0 atom stereocenters. The lowest BCUT2D eigenvalue weighted by atomic mass is 9.96. The number of hydrogen-bond acceptors (Lipinski definition) is 5. The van der Waals surface area contributed by atoms with Gasteiger partial charge in [-0.05, 0) is 118 Å². The van der Waals surface area contributed by atoms with Gasteiger partial charge in [-0.3, -0.25) is 4.68 Å². The number of ether oxygens (including phenoxy) is 2. The molecule has 0 bridgehead atoms. The van der Waals surface area contributed by atoms with Gasteiger partial charge in [0.25, 0.3) is 0 Å². The van der Waals surface area contributed by atoms with Crippen molar-refractivity contribution in [2.75, 3.05) is 14.2 Å².